The number of hydrogen-bond donors (Lipinski definition) is 1. The lowest BCUT2D eigenvalue weighted by molar-refractivity contribution is -0.145. The van der Waals surface area contributed by atoms with Crippen LogP contribution in [0.2, 0.25) is 0 Å². The first-order valence-electron chi connectivity index (χ1n) is 13.2. The third-order valence-corrected chi connectivity index (χ3v) is 7.39. The summed E-state index contributed by atoms with van der Waals surface area (Å²) in [6.45, 7) is 11.1. The van der Waals surface area contributed by atoms with E-state index in [0.717, 1.165) is 11.1 Å². The molecule has 0 aromatic heterocycles. The molecule has 3 amide bonds. The molecule has 2 fully saturated rings. The fraction of sp³-hybridized carbons (Fsp3) is 0.500. The minimum Gasteiger partial charge on any atom is -0.353 e. The number of carbonyl (C=O) groups is 3. The van der Waals surface area contributed by atoms with E-state index in [-0.39, 0.29) is 35.8 Å². The van der Waals surface area contributed by atoms with E-state index in [2.05, 4.69) is 26.1 Å². The van der Waals surface area contributed by atoms with Crippen molar-refractivity contribution in [2.45, 2.75) is 71.7 Å². The number of nitrogens with zero attached hydrogens (tertiary/aromatic N) is 2. The highest BCUT2D eigenvalue weighted by Gasteiger charge is 2.54. The molecule has 4 rings (SSSR count). The van der Waals surface area contributed by atoms with Crippen LogP contribution < -0.4 is 5.32 Å². The van der Waals surface area contributed by atoms with Crippen molar-refractivity contribution < 1.29 is 19.1 Å². The topological polar surface area (TPSA) is 79.0 Å². The Kier molecular flexibility index (Phi) is 7.74. The summed E-state index contributed by atoms with van der Waals surface area (Å²) in [5.74, 6) is -0.331. The SMILES string of the molecule is Cc1ccccc1C(=O)N1[C@@H](C(=O)N[C@H](C)c2ccccc2)COC12CCN(C(=O)CC(C)(C)C)CC2. The Bertz CT molecular complexity index is 1130. The lowest BCUT2D eigenvalue weighted by atomic mass is 9.90. The van der Waals surface area contributed by atoms with Gasteiger partial charge in [-0.1, -0.05) is 69.3 Å². The molecule has 2 aliphatic heterocycles. The number of carbonyl (C=O) groups excluding carboxylic acids is 3. The van der Waals surface area contributed by atoms with E-state index in [0.29, 0.717) is 37.9 Å². The van der Waals surface area contributed by atoms with Crippen LogP contribution in [0, 0.1) is 12.3 Å². The summed E-state index contributed by atoms with van der Waals surface area (Å²) in [7, 11) is 0. The highest BCUT2D eigenvalue weighted by atomic mass is 16.5. The van der Waals surface area contributed by atoms with Gasteiger partial charge in [0, 0.05) is 37.9 Å². The molecule has 1 spiro atoms. The zero-order chi connectivity index (χ0) is 26.8. The van der Waals surface area contributed by atoms with Crippen molar-refractivity contribution in [3.8, 4) is 0 Å². The molecule has 7 heteroatoms. The van der Waals surface area contributed by atoms with Crippen molar-refractivity contribution >= 4 is 17.7 Å². The van der Waals surface area contributed by atoms with Crippen LogP contribution in [0.1, 0.15) is 74.5 Å². The number of likely N-dealkylation sites (tertiary alicyclic amines) is 1. The molecule has 2 heterocycles. The molecule has 2 saturated heterocycles. The standard InChI is InChI=1S/C30H39N3O4/c1-21-11-9-10-14-24(21)28(36)33-25(27(35)31-22(2)23-12-7-6-8-13-23)20-37-30(33)15-17-32(18-16-30)26(34)19-29(3,4)5/h6-14,22,25H,15-20H2,1-5H3,(H,31,35)/t22-,25-/m1/s1. The average molecular weight is 506 g/mol. The number of rotatable bonds is 5. The first-order valence-corrected chi connectivity index (χ1v) is 13.2. The maximum Gasteiger partial charge on any atom is 0.257 e. The van der Waals surface area contributed by atoms with Gasteiger partial charge in [-0.25, -0.2) is 0 Å². The van der Waals surface area contributed by atoms with Gasteiger partial charge in [0.05, 0.1) is 12.6 Å². The predicted octanol–water partition coefficient (Wildman–Crippen LogP) is 4.47. The van der Waals surface area contributed by atoms with Gasteiger partial charge in [0.15, 0.2) is 0 Å². The monoisotopic (exact) mass is 505 g/mol. The number of hydrogen-bond acceptors (Lipinski definition) is 4. The largest absolute Gasteiger partial charge is 0.353 e. The van der Waals surface area contributed by atoms with Crippen molar-refractivity contribution in [2.75, 3.05) is 19.7 Å². The quantitative estimate of drug-likeness (QED) is 0.650. The second kappa shape index (κ2) is 10.7. The van der Waals surface area contributed by atoms with E-state index >= 15 is 0 Å². The van der Waals surface area contributed by atoms with Crippen LogP contribution in [-0.2, 0) is 14.3 Å². The van der Waals surface area contributed by atoms with Gasteiger partial charge in [0.25, 0.3) is 5.91 Å². The predicted molar refractivity (Wildman–Crippen MR) is 143 cm³/mol. The summed E-state index contributed by atoms with van der Waals surface area (Å²) < 4.78 is 6.33. The smallest absolute Gasteiger partial charge is 0.257 e. The number of nitrogens with one attached hydrogen (secondary N) is 1. The molecular formula is C30H39N3O4. The fourth-order valence-electron chi connectivity index (χ4n) is 5.32. The maximum atomic E-state index is 14.0. The molecule has 2 aromatic rings. The Morgan fingerprint density at radius 2 is 1.65 bits per heavy atom. The van der Waals surface area contributed by atoms with Gasteiger partial charge in [-0.05, 0) is 36.5 Å². The minimum atomic E-state index is -0.921. The van der Waals surface area contributed by atoms with Gasteiger partial charge < -0.3 is 15.0 Å². The molecule has 198 valence electrons. The van der Waals surface area contributed by atoms with Gasteiger partial charge in [0.1, 0.15) is 11.8 Å². The van der Waals surface area contributed by atoms with E-state index < -0.39 is 11.8 Å². The summed E-state index contributed by atoms with van der Waals surface area (Å²) in [5.41, 5.74) is 1.39. The molecule has 37 heavy (non-hydrogen) atoms. The van der Waals surface area contributed by atoms with Crippen molar-refractivity contribution in [1.29, 1.82) is 0 Å². The third-order valence-electron chi connectivity index (χ3n) is 7.39. The molecule has 0 radical (unpaired) electrons. The average Bonchev–Trinajstić information content (AvgIpc) is 3.22. The van der Waals surface area contributed by atoms with Gasteiger partial charge in [-0.3, -0.25) is 19.3 Å². The van der Waals surface area contributed by atoms with E-state index in [1.807, 2.05) is 67.3 Å². The van der Waals surface area contributed by atoms with E-state index in [1.165, 1.54) is 0 Å². The molecule has 2 aromatic carbocycles. The lowest BCUT2D eigenvalue weighted by Gasteiger charge is -2.45. The Morgan fingerprint density at radius 1 is 1.03 bits per heavy atom. The first kappa shape index (κ1) is 26.9. The highest BCUT2D eigenvalue weighted by Crippen LogP contribution is 2.39. The molecule has 2 atom stereocenters. The Morgan fingerprint density at radius 3 is 2.27 bits per heavy atom. The van der Waals surface area contributed by atoms with E-state index in [4.69, 9.17) is 4.74 Å². The zero-order valence-electron chi connectivity index (χ0n) is 22.6. The number of piperidine rings is 1. The van der Waals surface area contributed by atoms with Crippen molar-refractivity contribution in [3.63, 3.8) is 0 Å². The van der Waals surface area contributed by atoms with E-state index in [1.54, 1.807) is 11.0 Å². The first-order chi connectivity index (χ1) is 17.5. The molecular weight excluding hydrogens is 466 g/mol. The second-order valence-electron chi connectivity index (χ2n) is 11.5. The van der Waals surface area contributed by atoms with Gasteiger partial charge in [-0.2, -0.15) is 0 Å². The summed E-state index contributed by atoms with van der Waals surface area (Å²) in [6, 6.07) is 16.2. The van der Waals surface area contributed by atoms with Crippen molar-refractivity contribution in [2.24, 2.45) is 5.41 Å². The van der Waals surface area contributed by atoms with Crippen molar-refractivity contribution in [3.05, 3.63) is 71.3 Å². The summed E-state index contributed by atoms with van der Waals surface area (Å²) in [4.78, 5) is 44.0. The Labute approximate surface area is 220 Å². The Balaban J connectivity index is 1.58. The second-order valence-corrected chi connectivity index (χ2v) is 11.5. The summed E-state index contributed by atoms with van der Waals surface area (Å²) in [5, 5.41) is 3.09. The molecule has 0 aliphatic carbocycles. The molecule has 0 saturated carbocycles. The van der Waals surface area contributed by atoms with Gasteiger partial charge >= 0.3 is 0 Å². The number of aryl methyl sites for hydroxylation is 1. The Hall–Kier alpha value is -3.19. The van der Waals surface area contributed by atoms with Crippen LogP contribution in [0.15, 0.2) is 54.6 Å². The molecule has 1 N–H and O–H groups in total. The zero-order valence-corrected chi connectivity index (χ0v) is 22.6. The normalized spacial score (nSPS) is 20.1. The maximum absolute atomic E-state index is 14.0. The van der Waals surface area contributed by atoms with Crippen LogP contribution in [0.4, 0.5) is 0 Å². The molecule has 0 unspecified atom stereocenters. The number of amides is 3. The highest BCUT2D eigenvalue weighted by molar-refractivity contribution is 5.99. The third kappa shape index (κ3) is 5.87. The summed E-state index contributed by atoms with van der Waals surface area (Å²) in [6.07, 6.45) is 1.41. The van der Waals surface area contributed by atoms with Crippen LogP contribution in [-0.4, -0.2) is 59.0 Å². The van der Waals surface area contributed by atoms with Crippen LogP contribution in [0.25, 0.3) is 0 Å². The van der Waals surface area contributed by atoms with Gasteiger partial charge in [-0.15, -0.1) is 0 Å². The molecule has 7 nitrogen and oxygen atoms in total. The minimum absolute atomic E-state index is 0.0957. The fourth-order valence-corrected chi connectivity index (χ4v) is 5.32. The number of benzene rings is 2. The number of ether oxygens (including phenoxy) is 1. The van der Waals surface area contributed by atoms with Crippen LogP contribution in [0.5, 0.6) is 0 Å². The molecule has 2 aliphatic rings. The lowest BCUT2D eigenvalue weighted by Crippen LogP contribution is -2.60. The van der Waals surface area contributed by atoms with Gasteiger partial charge in [0.2, 0.25) is 11.8 Å². The van der Waals surface area contributed by atoms with Crippen LogP contribution >= 0.6 is 0 Å². The summed E-state index contributed by atoms with van der Waals surface area (Å²) >= 11 is 0. The molecule has 0 bridgehead atoms. The van der Waals surface area contributed by atoms with Crippen molar-refractivity contribution in [1.82, 2.24) is 15.1 Å². The van der Waals surface area contributed by atoms with Crippen LogP contribution in [0.3, 0.4) is 0 Å². The van der Waals surface area contributed by atoms with E-state index in [9.17, 15) is 14.4 Å².